The molecule has 6 heteroatoms. The maximum Gasteiger partial charge on any atom is 0.271 e. The van der Waals surface area contributed by atoms with E-state index in [4.69, 9.17) is 12.2 Å². The molecule has 1 fully saturated rings. The Labute approximate surface area is 157 Å². The van der Waals surface area contributed by atoms with E-state index in [0.29, 0.717) is 15.9 Å². The van der Waals surface area contributed by atoms with Gasteiger partial charge in [0.1, 0.15) is 4.70 Å². The van der Waals surface area contributed by atoms with E-state index in [1.165, 1.54) is 23.8 Å². The zero-order valence-corrected chi connectivity index (χ0v) is 16.1. The van der Waals surface area contributed by atoms with Crippen LogP contribution in [0.4, 0.5) is 0 Å². The summed E-state index contributed by atoms with van der Waals surface area (Å²) in [4.78, 5) is 19.6. The molecular formula is C20H24N4OS. The predicted octanol–water partition coefficient (Wildman–Crippen LogP) is 1.52. The largest absolute Gasteiger partial charge is 0.397 e. The number of hydrogen-bond donors (Lipinski definition) is 1. The molecule has 2 heterocycles. The van der Waals surface area contributed by atoms with Crippen LogP contribution >= 0.6 is 11.3 Å². The van der Waals surface area contributed by atoms with Crippen LogP contribution in [-0.4, -0.2) is 28.5 Å². The Hall–Kier alpha value is -2.52. The van der Waals surface area contributed by atoms with Gasteiger partial charge in [0, 0.05) is 36.0 Å². The summed E-state index contributed by atoms with van der Waals surface area (Å²) in [5.41, 5.74) is 8.03. The van der Waals surface area contributed by atoms with Crippen LogP contribution in [0.25, 0.3) is 22.5 Å². The zero-order chi connectivity index (χ0) is 18.8. The predicted molar refractivity (Wildman–Crippen MR) is 109 cm³/mol. The fourth-order valence-electron chi connectivity index (χ4n) is 3.67. The molecule has 2 aromatic rings. The Morgan fingerprint density at radius 3 is 2.77 bits per heavy atom. The minimum absolute atomic E-state index is 0.0145. The maximum atomic E-state index is 13.1. The lowest BCUT2D eigenvalue weighted by molar-refractivity contribution is 0.345. The molecule has 0 saturated heterocycles. The number of aromatic nitrogens is 2. The fraction of sp³-hybridized carbons (Fsp3) is 0.400. The van der Waals surface area contributed by atoms with Crippen molar-refractivity contribution in [1.82, 2.24) is 14.5 Å². The minimum Gasteiger partial charge on any atom is -0.397 e. The fourth-order valence-corrected chi connectivity index (χ4v) is 4.66. The van der Waals surface area contributed by atoms with Crippen LogP contribution in [0.5, 0.6) is 0 Å². The summed E-state index contributed by atoms with van der Waals surface area (Å²) >= 11 is 1.38. The summed E-state index contributed by atoms with van der Waals surface area (Å²) < 4.78 is 3.20. The maximum absolute atomic E-state index is 13.1. The average molecular weight is 369 g/mol. The first kappa shape index (κ1) is 18.3. The van der Waals surface area contributed by atoms with Gasteiger partial charge in [0.15, 0.2) is 0 Å². The SMILES string of the molecule is C#C/C=C(N)\C(=c1/c(=C)sc2c(=O)n(C3CCCCC3)cnc12)N(C)C. The summed E-state index contributed by atoms with van der Waals surface area (Å²) in [7, 11) is 3.78. The molecular weight excluding hydrogens is 344 g/mol. The summed E-state index contributed by atoms with van der Waals surface area (Å²) in [5, 5.41) is 0.784. The van der Waals surface area contributed by atoms with Crippen molar-refractivity contribution in [3.63, 3.8) is 0 Å². The van der Waals surface area contributed by atoms with Crippen LogP contribution in [0.2, 0.25) is 0 Å². The third kappa shape index (κ3) is 3.15. The number of allylic oxidation sites excluding steroid dienone is 1. The normalized spacial score (nSPS) is 17.2. The molecule has 0 atom stereocenters. The smallest absolute Gasteiger partial charge is 0.271 e. The van der Waals surface area contributed by atoms with Crippen molar-refractivity contribution in [2.45, 2.75) is 38.1 Å². The number of rotatable bonds is 3. The van der Waals surface area contributed by atoms with Crippen molar-refractivity contribution in [2.75, 3.05) is 14.1 Å². The molecule has 1 saturated carbocycles. The summed E-state index contributed by atoms with van der Waals surface area (Å²) in [6.45, 7) is 4.14. The van der Waals surface area contributed by atoms with Gasteiger partial charge in [-0.3, -0.25) is 9.36 Å². The number of thiophene rings is 1. The quantitative estimate of drug-likeness (QED) is 0.835. The Kier molecular flexibility index (Phi) is 5.19. The van der Waals surface area contributed by atoms with Gasteiger partial charge in [-0.25, -0.2) is 4.98 Å². The van der Waals surface area contributed by atoms with E-state index in [-0.39, 0.29) is 11.6 Å². The average Bonchev–Trinajstić information content (AvgIpc) is 2.94. The van der Waals surface area contributed by atoms with Crippen molar-refractivity contribution in [2.24, 2.45) is 5.73 Å². The Balaban J connectivity index is 2.31. The third-order valence-corrected chi connectivity index (χ3v) is 5.88. The van der Waals surface area contributed by atoms with Gasteiger partial charge >= 0.3 is 0 Å². The van der Waals surface area contributed by atoms with E-state index >= 15 is 0 Å². The molecule has 26 heavy (non-hydrogen) atoms. The summed E-state index contributed by atoms with van der Waals surface area (Å²) in [6, 6.07) is 0.246. The van der Waals surface area contributed by atoms with Crippen LogP contribution in [-0.2, 0) is 0 Å². The first-order valence-corrected chi connectivity index (χ1v) is 9.59. The van der Waals surface area contributed by atoms with E-state index in [9.17, 15) is 4.79 Å². The van der Waals surface area contributed by atoms with Crippen LogP contribution in [0.3, 0.4) is 0 Å². The van der Waals surface area contributed by atoms with Gasteiger partial charge in [0.25, 0.3) is 5.56 Å². The van der Waals surface area contributed by atoms with Crippen molar-refractivity contribution < 1.29 is 0 Å². The highest BCUT2D eigenvalue weighted by atomic mass is 32.1. The molecule has 0 radical (unpaired) electrons. The van der Waals surface area contributed by atoms with Crippen molar-refractivity contribution in [3.05, 3.63) is 38.2 Å². The van der Waals surface area contributed by atoms with Gasteiger partial charge in [-0.1, -0.05) is 31.8 Å². The molecule has 0 aromatic carbocycles. The number of likely N-dealkylation sites (N-methyl/N-ethyl adjacent to an activating group) is 1. The van der Waals surface area contributed by atoms with Crippen molar-refractivity contribution >= 4 is 33.8 Å². The standard InChI is InChI=1S/C20H24N4OS/c1-5-9-15(21)18(23(3)4)16-13(2)26-19-17(16)22-12-24(20(19)25)14-10-7-6-8-11-14/h1,9,12,14H,2,6-8,10-11,21H2,3-4H3/b15-9+,18-16-. The van der Waals surface area contributed by atoms with Crippen molar-refractivity contribution in [3.8, 4) is 12.3 Å². The van der Waals surface area contributed by atoms with E-state index < -0.39 is 0 Å². The molecule has 5 nitrogen and oxygen atoms in total. The zero-order valence-electron chi connectivity index (χ0n) is 15.3. The Bertz CT molecular complexity index is 1060. The van der Waals surface area contributed by atoms with E-state index in [0.717, 1.165) is 41.1 Å². The van der Waals surface area contributed by atoms with Crippen LogP contribution in [0.15, 0.2) is 22.9 Å². The van der Waals surface area contributed by atoms with Crippen LogP contribution in [0, 0.1) is 12.3 Å². The molecule has 0 unspecified atom stereocenters. The van der Waals surface area contributed by atoms with Crippen LogP contribution < -0.4 is 21.0 Å². The monoisotopic (exact) mass is 368 g/mol. The number of terminal acetylenes is 1. The van der Waals surface area contributed by atoms with Crippen LogP contribution in [0.1, 0.15) is 38.1 Å². The van der Waals surface area contributed by atoms with E-state index in [2.05, 4.69) is 17.5 Å². The summed E-state index contributed by atoms with van der Waals surface area (Å²) in [5.74, 6) is 2.46. The van der Waals surface area contributed by atoms with Gasteiger partial charge in [0.2, 0.25) is 0 Å². The molecule has 2 aromatic heterocycles. The lowest BCUT2D eigenvalue weighted by Crippen LogP contribution is -2.32. The number of nitrogens with two attached hydrogens (primary N) is 1. The molecule has 2 N–H and O–H groups in total. The van der Waals surface area contributed by atoms with Gasteiger partial charge in [-0.15, -0.1) is 17.8 Å². The number of fused-ring (bicyclic) bond motifs is 1. The molecule has 1 aliphatic rings. The molecule has 136 valence electrons. The summed E-state index contributed by atoms with van der Waals surface area (Å²) in [6.07, 6.45) is 14.2. The second kappa shape index (κ2) is 7.38. The lowest BCUT2D eigenvalue weighted by Gasteiger charge is -2.23. The Morgan fingerprint density at radius 1 is 1.46 bits per heavy atom. The van der Waals surface area contributed by atoms with Crippen molar-refractivity contribution in [1.29, 1.82) is 0 Å². The first-order chi connectivity index (χ1) is 12.5. The lowest BCUT2D eigenvalue weighted by atomic mass is 9.95. The number of nitrogens with zero attached hydrogens (tertiary/aromatic N) is 3. The van der Waals surface area contributed by atoms with E-state index in [1.807, 2.05) is 19.0 Å². The second-order valence-electron chi connectivity index (χ2n) is 6.84. The molecule has 1 aliphatic carbocycles. The first-order valence-electron chi connectivity index (χ1n) is 8.78. The molecule has 0 amide bonds. The van der Waals surface area contributed by atoms with Gasteiger partial charge in [0.05, 0.1) is 23.2 Å². The van der Waals surface area contributed by atoms with Gasteiger partial charge in [-0.05, 0) is 12.8 Å². The molecule has 0 bridgehead atoms. The second-order valence-corrected chi connectivity index (χ2v) is 7.94. The topological polar surface area (TPSA) is 64.2 Å². The molecule has 0 aliphatic heterocycles. The van der Waals surface area contributed by atoms with Gasteiger partial charge < -0.3 is 10.6 Å². The highest BCUT2D eigenvalue weighted by molar-refractivity contribution is 7.16. The van der Waals surface area contributed by atoms with Gasteiger partial charge in [-0.2, -0.15) is 0 Å². The molecule has 0 spiro atoms. The minimum atomic E-state index is 0.0145. The molecule has 3 rings (SSSR count). The van der Waals surface area contributed by atoms with E-state index in [1.54, 1.807) is 10.9 Å². The highest BCUT2D eigenvalue weighted by Gasteiger charge is 2.20. The Morgan fingerprint density at radius 2 is 2.15 bits per heavy atom. The highest BCUT2D eigenvalue weighted by Crippen LogP contribution is 2.27. The number of hydrogen-bond acceptors (Lipinski definition) is 5. The third-order valence-electron chi connectivity index (χ3n) is 4.86.